The first-order valence-electron chi connectivity index (χ1n) is 7.99. The third kappa shape index (κ3) is 3.95. The van der Waals surface area contributed by atoms with Crippen molar-refractivity contribution in [1.29, 1.82) is 0 Å². The Bertz CT molecular complexity index is 787. The third-order valence-corrected chi connectivity index (χ3v) is 5.43. The fraction of sp³-hybridized carbons (Fsp3) is 0.333. The van der Waals surface area contributed by atoms with Gasteiger partial charge in [-0.15, -0.1) is 0 Å². The molecule has 5 nitrogen and oxygen atoms in total. The highest BCUT2D eigenvalue weighted by molar-refractivity contribution is 7.89. The summed E-state index contributed by atoms with van der Waals surface area (Å²) < 4.78 is 38.5. The van der Waals surface area contributed by atoms with E-state index < -0.39 is 10.0 Å². The van der Waals surface area contributed by atoms with Crippen LogP contribution in [0.15, 0.2) is 53.4 Å². The minimum Gasteiger partial charge on any atom is -0.494 e. The molecule has 0 aliphatic carbocycles. The van der Waals surface area contributed by atoms with Crippen LogP contribution in [0.25, 0.3) is 0 Å². The number of fused-ring (bicyclic) bond motifs is 1. The molecule has 0 radical (unpaired) electrons. The molecule has 1 heterocycles. The van der Waals surface area contributed by atoms with Gasteiger partial charge in [-0.05, 0) is 42.3 Å². The molecule has 0 saturated heterocycles. The summed E-state index contributed by atoms with van der Waals surface area (Å²) >= 11 is 0. The van der Waals surface area contributed by atoms with Crippen LogP contribution in [0.5, 0.6) is 5.75 Å². The summed E-state index contributed by atoms with van der Waals surface area (Å²) in [4.78, 5) is 0.224. The van der Waals surface area contributed by atoms with Crippen molar-refractivity contribution < 1.29 is 17.9 Å². The molecule has 0 spiro atoms. The molecular weight excluding hydrogens is 326 g/mol. The largest absolute Gasteiger partial charge is 0.494 e. The van der Waals surface area contributed by atoms with E-state index in [1.54, 1.807) is 24.3 Å². The average molecular weight is 347 g/mol. The van der Waals surface area contributed by atoms with Crippen molar-refractivity contribution in [1.82, 2.24) is 4.72 Å². The van der Waals surface area contributed by atoms with Gasteiger partial charge in [-0.1, -0.05) is 24.3 Å². The van der Waals surface area contributed by atoms with Crippen molar-refractivity contribution in [2.75, 3.05) is 13.2 Å². The third-order valence-electron chi connectivity index (χ3n) is 3.99. The number of nitrogens with one attached hydrogen (secondary N) is 1. The maximum atomic E-state index is 12.4. The van der Waals surface area contributed by atoms with E-state index in [1.807, 2.05) is 25.1 Å². The van der Waals surface area contributed by atoms with Crippen molar-refractivity contribution in [3.8, 4) is 5.75 Å². The Morgan fingerprint density at radius 2 is 1.83 bits per heavy atom. The van der Waals surface area contributed by atoms with E-state index in [-0.39, 0.29) is 17.5 Å². The minimum atomic E-state index is -3.55. The van der Waals surface area contributed by atoms with Crippen LogP contribution in [-0.2, 0) is 27.8 Å². The van der Waals surface area contributed by atoms with Crippen molar-refractivity contribution in [3.05, 3.63) is 59.7 Å². The van der Waals surface area contributed by atoms with Gasteiger partial charge < -0.3 is 9.47 Å². The highest BCUT2D eigenvalue weighted by atomic mass is 32.2. The highest BCUT2D eigenvalue weighted by Gasteiger charge is 2.21. The summed E-state index contributed by atoms with van der Waals surface area (Å²) in [6.07, 6.45) is 0.555. The maximum absolute atomic E-state index is 12.4. The number of ether oxygens (including phenoxy) is 2. The highest BCUT2D eigenvalue weighted by Crippen LogP contribution is 2.21. The fourth-order valence-corrected chi connectivity index (χ4v) is 3.77. The number of benzene rings is 2. The lowest BCUT2D eigenvalue weighted by Crippen LogP contribution is -2.36. The Balaban J connectivity index is 1.61. The molecule has 3 rings (SSSR count). The molecule has 0 bridgehead atoms. The lowest BCUT2D eigenvalue weighted by Gasteiger charge is -2.25. The van der Waals surface area contributed by atoms with Gasteiger partial charge >= 0.3 is 0 Å². The zero-order valence-corrected chi connectivity index (χ0v) is 14.4. The van der Waals surface area contributed by atoms with Gasteiger partial charge in [0.2, 0.25) is 10.0 Å². The second kappa shape index (κ2) is 7.34. The zero-order valence-electron chi connectivity index (χ0n) is 13.6. The first kappa shape index (κ1) is 17.0. The molecule has 0 fully saturated rings. The van der Waals surface area contributed by atoms with Crippen LogP contribution in [0, 0.1) is 0 Å². The van der Waals surface area contributed by atoms with Crippen molar-refractivity contribution >= 4 is 10.0 Å². The molecular formula is C18H21NO4S. The van der Waals surface area contributed by atoms with Gasteiger partial charge in [0.1, 0.15) is 5.75 Å². The molecule has 2 aromatic rings. The maximum Gasteiger partial charge on any atom is 0.240 e. The van der Waals surface area contributed by atoms with Crippen molar-refractivity contribution in [2.45, 2.75) is 31.0 Å². The number of sulfonamides is 1. The first-order valence-corrected chi connectivity index (χ1v) is 9.47. The van der Waals surface area contributed by atoms with E-state index in [4.69, 9.17) is 9.47 Å². The lowest BCUT2D eigenvalue weighted by molar-refractivity contribution is 0.0322. The topological polar surface area (TPSA) is 64.6 Å². The van der Waals surface area contributed by atoms with E-state index in [0.717, 1.165) is 0 Å². The normalized spacial score (nSPS) is 17.3. The molecule has 6 heteroatoms. The number of rotatable bonds is 6. The standard InChI is InChI=1S/C18H21NO4S/c1-2-22-16-7-9-18(10-8-16)24(20,21)19-12-17-11-14-5-3-4-6-15(14)13-23-17/h3-10,17,19H,2,11-13H2,1H3. The van der Waals surface area contributed by atoms with Crippen LogP contribution in [-0.4, -0.2) is 27.7 Å². The molecule has 1 unspecified atom stereocenters. The summed E-state index contributed by atoms with van der Waals surface area (Å²) in [6.45, 7) is 3.20. The van der Waals surface area contributed by atoms with Crippen LogP contribution in [0.1, 0.15) is 18.1 Å². The van der Waals surface area contributed by atoms with Crippen LogP contribution < -0.4 is 9.46 Å². The predicted molar refractivity (Wildman–Crippen MR) is 91.5 cm³/mol. The average Bonchev–Trinajstić information content (AvgIpc) is 2.61. The quantitative estimate of drug-likeness (QED) is 0.872. The molecule has 2 aromatic carbocycles. The minimum absolute atomic E-state index is 0.155. The van der Waals surface area contributed by atoms with Gasteiger partial charge in [0.05, 0.1) is 24.2 Å². The number of hydrogen-bond acceptors (Lipinski definition) is 4. The van der Waals surface area contributed by atoms with Gasteiger partial charge in [-0.2, -0.15) is 0 Å². The van der Waals surface area contributed by atoms with Crippen molar-refractivity contribution in [2.24, 2.45) is 0 Å². The monoisotopic (exact) mass is 347 g/mol. The molecule has 24 heavy (non-hydrogen) atoms. The van der Waals surface area contributed by atoms with Crippen LogP contribution in [0.2, 0.25) is 0 Å². The second-order valence-electron chi connectivity index (χ2n) is 5.66. The van der Waals surface area contributed by atoms with E-state index in [0.29, 0.717) is 25.4 Å². The fourth-order valence-electron chi connectivity index (χ4n) is 2.71. The first-order chi connectivity index (χ1) is 11.6. The smallest absolute Gasteiger partial charge is 0.240 e. The zero-order chi connectivity index (χ0) is 17.0. The van der Waals surface area contributed by atoms with Gasteiger partial charge in [0.15, 0.2) is 0 Å². The van der Waals surface area contributed by atoms with Gasteiger partial charge in [-0.25, -0.2) is 13.1 Å². The molecule has 0 saturated carbocycles. The van der Waals surface area contributed by atoms with Gasteiger partial charge in [-0.3, -0.25) is 0 Å². The molecule has 0 aromatic heterocycles. The summed E-state index contributed by atoms with van der Waals surface area (Å²) in [7, 11) is -3.55. The van der Waals surface area contributed by atoms with Gasteiger partial charge in [0, 0.05) is 13.0 Å². The van der Waals surface area contributed by atoms with E-state index >= 15 is 0 Å². The van der Waals surface area contributed by atoms with Crippen LogP contribution >= 0.6 is 0 Å². The lowest BCUT2D eigenvalue weighted by atomic mass is 9.99. The van der Waals surface area contributed by atoms with E-state index in [9.17, 15) is 8.42 Å². The Labute approximate surface area is 142 Å². The summed E-state index contributed by atoms with van der Waals surface area (Å²) in [5, 5.41) is 0. The van der Waals surface area contributed by atoms with Crippen LogP contribution in [0.4, 0.5) is 0 Å². The molecule has 0 amide bonds. The van der Waals surface area contributed by atoms with Crippen molar-refractivity contribution in [3.63, 3.8) is 0 Å². The summed E-state index contributed by atoms with van der Waals surface area (Å²) in [5.41, 5.74) is 2.39. The molecule has 1 aliphatic rings. The Kier molecular flexibility index (Phi) is 5.18. The summed E-state index contributed by atoms with van der Waals surface area (Å²) in [5.74, 6) is 0.656. The van der Waals surface area contributed by atoms with Crippen LogP contribution in [0.3, 0.4) is 0 Å². The summed E-state index contributed by atoms with van der Waals surface area (Å²) in [6, 6.07) is 14.5. The molecule has 1 atom stereocenters. The SMILES string of the molecule is CCOc1ccc(S(=O)(=O)NCC2Cc3ccccc3CO2)cc1. The Morgan fingerprint density at radius 3 is 2.54 bits per heavy atom. The molecule has 1 N–H and O–H groups in total. The molecule has 1 aliphatic heterocycles. The molecule has 128 valence electrons. The number of hydrogen-bond donors (Lipinski definition) is 1. The second-order valence-corrected chi connectivity index (χ2v) is 7.43. The Morgan fingerprint density at radius 1 is 1.12 bits per heavy atom. The van der Waals surface area contributed by atoms with Gasteiger partial charge in [0.25, 0.3) is 0 Å². The predicted octanol–water partition coefficient (Wildman–Crippen LogP) is 2.51. The van der Waals surface area contributed by atoms with E-state index in [1.165, 1.54) is 11.1 Å². The Hall–Kier alpha value is -1.89. The van der Waals surface area contributed by atoms with E-state index in [2.05, 4.69) is 10.8 Å².